The quantitative estimate of drug-likeness (QED) is 0.518. The number of carbonyl (C=O) groups excluding carboxylic acids is 2. The van der Waals surface area contributed by atoms with Gasteiger partial charge in [0, 0.05) is 31.6 Å². The molecule has 0 aliphatic carbocycles. The number of carbonyl (C=O) groups is 2. The predicted octanol–water partition coefficient (Wildman–Crippen LogP) is 2.88. The van der Waals surface area contributed by atoms with Crippen LogP contribution in [0.4, 0.5) is 0 Å². The molecule has 7 nitrogen and oxygen atoms in total. The lowest BCUT2D eigenvalue weighted by molar-refractivity contribution is -0.127. The van der Waals surface area contributed by atoms with Crippen LogP contribution in [0.5, 0.6) is 5.75 Å². The Kier molecular flexibility index (Phi) is 9.72. The Bertz CT molecular complexity index is 863. The van der Waals surface area contributed by atoms with Gasteiger partial charge in [0.25, 0.3) is 11.8 Å². The van der Waals surface area contributed by atoms with E-state index < -0.39 is 6.04 Å². The number of rotatable bonds is 12. The first-order valence-corrected chi connectivity index (χ1v) is 11.9. The van der Waals surface area contributed by atoms with Gasteiger partial charge in [-0.25, -0.2) is 5.01 Å². The number of hydrogen-bond acceptors (Lipinski definition) is 5. The van der Waals surface area contributed by atoms with Crippen molar-refractivity contribution in [3.05, 3.63) is 65.7 Å². The molecule has 1 atom stereocenters. The van der Waals surface area contributed by atoms with Gasteiger partial charge in [0.05, 0.1) is 0 Å². The van der Waals surface area contributed by atoms with Crippen LogP contribution in [0, 0.1) is 0 Å². The van der Waals surface area contributed by atoms with E-state index in [9.17, 15) is 9.59 Å². The monoisotopic (exact) mass is 452 g/mol. The predicted molar refractivity (Wildman–Crippen MR) is 130 cm³/mol. The maximum Gasteiger partial charge on any atom is 0.257 e. The minimum absolute atomic E-state index is 0.194. The summed E-state index contributed by atoms with van der Waals surface area (Å²) >= 11 is 0. The molecule has 0 aromatic heterocycles. The fourth-order valence-corrected chi connectivity index (χ4v) is 3.89. The van der Waals surface area contributed by atoms with Gasteiger partial charge in [0.15, 0.2) is 0 Å². The molecule has 2 N–H and O–H groups in total. The summed E-state index contributed by atoms with van der Waals surface area (Å²) < 4.78 is 5.86. The maximum atomic E-state index is 13.0. The summed E-state index contributed by atoms with van der Waals surface area (Å²) in [5.74, 6) is 0.353. The molecule has 3 rings (SSSR count). The third-order valence-corrected chi connectivity index (χ3v) is 5.97. The summed E-state index contributed by atoms with van der Waals surface area (Å²) in [6, 6.07) is 16.1. The van der Waals surface area contributed by atoms with Gasteiger partial charge in [0.2, 0.25) is 0 Å². The lowest BCUT2D eigenvalue weighted by atomic mass is 10.0. The second-order valence-electron chi connectivity index (χ2n) is 8.29. The minimum Gasteiger partial charge on any atom is -0.492 e. The third-order valence-electron chi connectivity index (χ3n) is 5.97. The van der Waals surface area contributed by atoms with Crippen LogP contribution in [0.3, 0.4) is 0 Å². The van der Waals surface area contributed by atoms with E-state index in [1.807, 2.05) is 47.5 Å². The minimum atomic E-state index is -0.673. The van der Waals surface area contributed by atoms with Gasteiger partial charge >= 0.3 is 0 Å². The molecule has 0 radical (unpaired) electrons. The Morgan fingerprint density at radius 2 is 1.67 bits per heavy atom. The topological polar surface area (TPSA) is 73.9 Å². The molecule has 1 heterocycles. The molecule has 1 aliphatic rings. The SMILES string of the molecule is CCN(CC)CCOc1ccc(CC(NC(=O)c2ccccc2)C(=O)NN2CCCC2)cc1. The van der Waals surface area contributed by atoms with E-state index >= 15 is 0 Å². The Hall–Kier alpha value is -2.90. The van der Waals surface area contributed by atoms with Gasteiger partial charge in [-0.1, -0.05) is 44.2 Å². The zero-order valence-corrected chi connectivity index (χ0v) is 19.8. The van der Waals surface area contributed by atoms with E-state index in [-0.39, 0.29) is 11.8 Å². The molecule has 7 heteroatoms. The van der Waals surface area contributed by atoms with Crippen molar-refractivity contribution in [2.75, 3.05) is 39.3 Å². The highest BCUT2D eigenvalue weighted by molar-refractivity contribution is 5.97. The van der Waals surface area contributed by atoms with Gasteiger partial charge in [-0.3, -0.25) is 15.0 Å². The molecule has 33 heavy (non-hydrogen) atoms. The molecule has 2 amide bonds. The standard InChI is InChI=1S/C26H36N4O3/c1-3-29(4-2)18-19-33-23-14-12-21(13-15-23)20-24(26(32)28-30-16-8-9-17-30)27-25(31)22-10-6-5-7-11-22/h5-7,10-15,24H,3-4,8-9,16-20H2,1-2H3,(H,27,31)(H,28,32). The smallest absolute Gasteiger partial charge is 0.257 e. The van der Waals surface area contributed by atoms with Crippen molar-refractivity contribution < 1.29 is 14.3 Å². The van der Waals surface area contributed by atoms with Crippen LogP contribution in [0.15, 0.2) is 54.6 Å². The molecule has 178 valence electrons. The summed E-state index contributed by atoms with van der Waals surface area (Å²) in [5.41, 5.74) is 4.46. The van der Waals surface area contributed by atoms with Crippen molar-refractivity contribution in [1.29, 1.82) is 0 Å². The second kappa shape index (κ2) is 13.0. The van der Waals surface area contributed by atoms with Crippen LogP contribution >= 0.6 is 0 Å². The van der Waals surface area contributed by atoms with E-state index in [0.717, 1.165) is 56.9 Å². The molecule has 1 aliphatic heterocycles. The van der Waals surface area contributed by atoms with Crippen LogP contribution in [-0.4, -0.2) is 67.1 Å². The van der Waals surface area contributed by atoms with E-state index in [0.29, 0.717) is 18.6 Å². The zero-order valence-electron chi connectivity index (χ0n) is 19.8. The largest absolute Gasteiger partial charge is 0.492 e. The molecule has 1 unspecified atom stereocenters. The van der Waals surface area contributed by atoms with Crippen LogP contribution < -0.4 is 15.5 Å². The fourth-order valence-electron chi connectivity index (χ4n) is 3.89. The molecular weight excluding hydrogens is 416 g/mol. The number of benzene rings is 2. The molecular formula is C26H36N4O3. The number of likely N-dealkylation sites (N-methyl/N-ethyl adjacent to an activating group) is 1. The highest BCUT2D eigenvalue weighted by Crippen LogP contribution is 2.14. The van der Waals surface area contributed by atoms with Crippen molar-refractivity contribution >= 4 is 11.8 Å². The first-order chi connectivity index (χ1) is 16.1. The molecule has 0 spiro atoms. The van der Waals surface area contributed by atoms with Gasteiger partial charge < -0.3 is 15.0 Å². The highest BCUT2D eigenvalue weighted by Gasteiger charge is 2.24. The van der Waals surface area contributed by atoms with Crippen LogP contribution in [-0.2, 0) is 11.2 Å². The van der Waals surface area contributed by atoms with Crippen LogP contribution in [0.2, 0.25) is 0 Å². The summed E-state index contributed by atoms with van der Waals surface area (Å²) in [6.07, 6.45) is 2.53. The summed E-state index contributed by atoms with van der Waals surface area (Å²) in [6.45, 7) is 9.50. The van der Waals surface area contributed by atoms with Gasteiger partial charge in [-0.2, -0.15) is 0 Å². The Morgan fingerprint density at radius 3 is 2.30 bits per heavy atom. The van der Waals surface area contributed by atoms with E-state index in [1.165, 1.54) is 0 Å². The van der Waals surface area contributed by atoms with Crippen LogP contribution in [0.25, 0.3) is 0 Å². The Morgan fingerprint density at radius 1 is 1.00 bits per heavy atom. The molecule has 2 aromatic rings. The Balaban J connectivity index is 1.62. The first-order valence-electron chi connectivity index (χ1n) is 11.9. The van der Waals surface area contributed by atoms with Crippen molar-refractivity contribution in [2.45, 2.75) is 39.2 Å². The van der Waals surface area contributed by atoms with Gasteiger partial charge in [0.1, 0.15) is 18.4 Å². The fraction of sp³-hybridized carbons (Fsp3) is 0.462. The number of nitrogens with one attached hydrogen (secondary N) is 2. The molecule has 2 aromatic carbocycles. The maximum absolute atomic E-state index is 13.0. The molecule has 0 bridgehead atoms. The Labute approximate surface area is 197 Å². The molecule has 0 saturated carbocycles. The van der Waals surface area contributed by atoms with Crippen molar-refractivity contribution in [3.8, 4) is 5.75 Å². The number of hydrazine groups is 1. The van der Waals surface area contributed by atoms with E-state index in [1.54, 1.807) is 12.1 Å². The van der Waals surface area contributed by atoms with Crippen molar-refractivity contribution in [2.24, 2.45) is 0 Å². The first kappa shape index (κ1) is 24.7. The van der Waals surface area contributed by atoms with Gasteiger partial charge in [-0.15, -0.1) is 0 Å². The summed E-state index contributed by atoms with van der Waals surface area (Å²) in [7, 11) is 0. The van der Waals surface area contributed by atoms with E-state index in [2.05, 4.69) is 29.5 Å². The molecule has 1 fully saturated rings. The van der Waals surface area contributed by atoms with Crippen molar-refractivity contribution in [3.63, 3.8) is 0 Å². The number of nitrogens with zero attached hydrogens (tertiary/aromatic N) is 2. The number of ether oxygens (including phenoxy) is 1. The lowest BCUT2D eigenvalue weighted by Crippen LogP contribution is -2.52. The zero-order chi connectivity index (χ0) is 23.5. The normalized spacial score (nSPS) is 14.8. The van der Waals surface area contributed by atoms with Crippen LogP contribution in [0.1, 0.15) is 42.6 Å². The van der Waals surface area contributed by atoms with Crippen molar-refractivity contribution in [1.82, 2.24) is 20.7 Å². The molecule has 1 saturated heterocycles. The third kappa shape index (κ3) is 7.87. The lowest BCUT2D eigenvalue weighted by Gasteiger charge is -2.23. The summed E-state index contributed by atoms with van der Waals surface area (Å²) in [4.78, 5) is 28.1. The number of hydrogen-bond donors (Lipinski definition) is 2. The average Bonchev–Trinajstić information content (AvgIpc) is 3.36. The van der Waals surface area contributed by atoms with E-state index in [4.69, 9.17) is 4.74 Å². The summed E-state index contributed by atoms with van der Waals surface area (Å²) in [5, 5.41) is 4.84. The second-order valence-corrected chi connectivity index (χ2v) is 8.29. The number of amides is 2. The highest BCUT2D eigenvalue weighted by atomic mass is 16.5. The van der Waals surface area contributed by atoms with Gasteiger partial charge in [-0.05, 0) is 55.8 Å². The average molecular weight is 453 g/mol.